The van der Waals surface area contributed by atoms with Crippen LogP contribution in [0.15, 0.2) is 48.5 Å². The molecule has 0 saturated carbocycles. The quantitative estimate of drug-likeness (QED) is 0.651. The number of ether oxygens (including phenoxy) is 1. The van der Waals surface area contributed by atoms with E-state index in [4.69, 9.17) is 4.74 Å². The van der Waals surface area contributed by atoms with E-state index in [1.54, 1.807) is 11.8 Å². The molecule has 0 heterocycles. The maximum absolute atomic E-state index is 12.3. The van der Waals surface area contributed by atoms with E-state index in [0.717, 1.165) is 12.2 Å². The van der Waals surface area contributed by atoms with Gasteiger partial charge in [-0.15, -0.1) is 0 Å². The number of amides is 2. The van der Waals surface area contributed by atoms with Crippen molar-refractivity contribution < 1.29 is 14.3 Å². The number of thioether (sulfide) groups is 1. The van der Waals surface area contributed by atoms with E-state index >= 15 is 0 Å². The van der Waals surface area contributed by atoms with Gasteiger partial charge in [0.05, 0.1) is 6.04 Å². The summed E-state index contributed by atoms with van der Waals surface area (Å²) in [5, 5.41) is 5.49. The van der Waals surface area contributed by atoms with Crippen molar-refractivity contribution in [2.45, 2.75) is 18.4 Å². The predicted molar refractivity (Wildman–Crippen MR) is 109 cm³/mol. The highest BCUT2D eigenvalue weighted by Crippen LogP contribution is 2.44. The second kappa shape index (κ2) is 9.46. The van der Waals surface area contributed by atoms with E-state index in [9.17, 15) is 9.59 Å². The van der Waals surface area contributed by atoms with Crippen LogP contribution >= 0.6 is 11.8 Å². The number of carbonyl (C=O) groups excluding carboxylic acids is 2. The number of nitrogens with one attached hydrogen (secondary N) is 2. The number of hydrogen-bond acceptors (Lipinski definition) is 4. The van der Waals surface area contributed by atoms with Crippen LogP contribution in [0.4, 0.5) is 4.79 Å². The average Bonchev–Trinajstić information content (AvgIpc) is 3.02. The molecule has 0 spiro atoms. The number of alkyl carbamates (subject to hydrolysis) is 1. The molecule has 0 aliphatic heterocycles. The van der Waals surface area contributed by atoms with E-state index in [-0.39, 0.29) is 18.6 Å². The number of carbonyl (C=O) groups is 2. The maximum atomic E-state index is 12.3. The topological polar surface area (TPSA) is 67.4 Å². The Morgan fingerprint density at radius 2 is 1.78 bits per heavy atom. The third kappa shape index (κ3) is 4.63. The maximum Gasteiger partial charge on any atom is 0.407 e. The summed E-state index contributed by atoms with van der Waals surface area (Å²) in [4.78, 5) is 22.8. The Hall–Kier alpha value is -2.47. The van der Waals surface area contributed by atoms with Gasteiger partial charge >= 0.3 is 6.09 Å². The minimum atomic E-state index is -0.448. The average molecular weight is 385 g/mol. The molecule has 1 aliphatic rings. The SMILES string of the molecule is CSCC[C@@H](CNC=O)NC(=O)OCC1c2ccccc2-c2ccccc21. The number of fused-ring (bicyclic) bond motifs is 3. The third-order valence-corrected chi connectivity index (χ3v) is 5.43. The molecule has 2 aromatic carbocycles. The van der Waals surface area contributed by atoms with Gasteiger partial charge in [-0.25, -0.2) is 4.79 Å². The van der Waals surface area contributed by atoms with Crippen molar-refractivity contribution in [3.8, 4) is 11.1 Å². The molecule has 0 fully saturated rings. The molecule has 142 valence electrons. The molecule has 1 atom stereocenters. The smallest absolute Gasteiger partial charge is 0.407 e. The van der Waals surface area contributed by atoms with Crippen molar-refractivity contribution in [3.05, 3.63) is 59.7 Å². The van der Waals surface area contributed by atoms with Crippen molar-refractivity contribution in [2.24, 2.45) is 0 Å². The molecular weight excluding hydrogens is 360 g/mol. The first-order valence-corrected chi connectivity index (χ1v) is 10.4. The Labute approximate surface area is 163 Å². The van der Waals surface area contributed by atoms with Gasteiger partial charge in [-0.05, 0) is 40.7 Å². The zero-order valence-corrected chi connectivity index (χ0v) is 16.1. The van der Waals surface area contributed by atoms with E-state index in [2.05, 4.69) is 34.9 Å². The van der Waals surface area contributed by atoms with Crippen molar-refractivity contribution in [2.75, 3.05) is 25.2 Å². The Morgan fingerprint density at radius 1 is 1.15 bits per heavy atom. The molecule has 5 nitrogen and oxygen atoms in total. The molecule has 1 aliphatic carbocycles. The largest absolute Gasteiger partial charge is 0.449 e. The number of benzene rings is 2. The molecule has 0 bridgehead atoms. The van der Waals surface area contributed by atoms with Crippen LogP contribution in [0.5, 0.6) is 0 Å². The van der Waals surface area contributed by atoms with E-state index in [0.29, 0.717) is 13.0 Å². The highest BCUT2D eigenvalue weighted by molar-refractivity contribution is 7.98. The van der Waals surface area contributed by atoms with Gasteiger partial charge in [0.15, 0.2) is 0 Å². The summed E-state index contributed by atoms with van der Waals surface area (Å²) in [6, 6.07) is 16.4. The first kappa shape index (κ1) is 19.3. The minimum absolute atomic E-state index is 0.0425. The van der Waals surface area contributed by atoms with Crippen LogP contribution < -0.4 is 10.6 Å². The highest BCUT2D eigenvalue weighted by Gasteiger charge is 2.29. The molecule has 0 radical (unpaired) electrons. The van der Waals surface area contributed by atoms with Crippen LogP contribution in [-0.4, -0.2) is 43.7 Å². The molecule has 2 amide bonds. The fourth-order valence-electron chi connectivity index (χ4n) is 3.48. The molecule has 0 saturated heterocycles. The molecule has 2 N–H and O–H groups in total. The standard InChI is InChI=1S/C21H24N2O3S/c1-27-11-10-15(12-22-14-24)23-21(25)26-13-20-18-8-4-2-6-16(18)17-7-3-5-9-19(17)20/h2-9,14-15,20H,10-13H2,1H3,(H,22,24)(H,23,25)/t15-/m0/s1. The molecule has 6 heteroatoms. The molecular formula is C21H24N2O3S. The lowest BCUT2D eigenvalue weighted by Crippen LogP contribution is -2.42. The van der Waals surface area contributed by atoms with Crippen molar-refractivity contribution in [1.82, 2.24) is 10.6 Å². The predicted octanol–water partition coefficient (Wildman–Crippen LogP) is 3.39. The summed E-state index contributed by atoms with van der Waals surface area (Å²) in [5.74, 6) is 0.940. The monoisotopic (exact) mass is 384 g/mol. The van der Waals surface area contributed by atoms with Crippen LogP contribution in [-0.2, 0) is 9.53 Å². The minimum Gasteiger partial charge on any atom is -0.449 e. The van der Waals surface area contributed by atoms with Crippen molar-refractivity contribution in [1.29, 1.82) is 0 Å². The fourth-order valence-corrected chi connectivity index (χ4v) is 4.00. The lowest BCUT2D eigenvalue weighted by Gasteiger charge is -2.19. The Balaban J connectivity index is 1.64. The van der Waals surface area contributed by atoms with Crippen molar-refractivity contribution >= 4 is 24.3 Å². The number of hydrogen-bond donors (Lipinski definition) is 2. The van der Waals surface area contributed by atoms with Gasteiger partial charge in [0.25, 0.3) is 0 Å². The third-order valence-electron chi connectivity index (χ3n) is 4.78. The molecule has 0 unspecified atom stereocenters. The van der Waals surface area contributed by atoms with Crippen molar-refractivity contribution in [3.63, 3.8) is 0 Å². The zero-order chi connectivity index (χ0) is 19.1. The lowest BCUT2D eigenvalue weighted by atomic mass is 9.98. The van der Waals surface area contributed by atoms with Crippen LogP contribution in [0.25, 0.3) is 11.1 Å². The summed E-state index contributed by atoms with van der Waals surface area (Å²) in [6.07, 6.45) is 2.98. The highest BCUT2D eigenvalue weighted by atomic mass is 32.2. The van der Waals surface area contributed by atoms with Crippen LogP contribution in [0.1, 0.15) is 23.5 Å². The van der Waals surface area contributed by atoms with Gasteiger partial charge in [0.2, 0.25) is 6.41 Å². The fraction of sp³-hybridized carbons (Fsp3) is 0.333. The number of rotatable bonds is 9. The Kier molecular flexibility index (Phi) is 6.76. The molecule has 0 aromatic heterocycles. The summed E-state index contributed by atoms with van der Waals surface area (Å²) in [7, 11) is 0. The summed E-state index contributed by atoms with van der Waals surface area (Å²) < 4.78 is 5.56. The molecule has 2 aromatic rings. The first-order valence-electron chi connectivity index (χ1n) is 9.02. The summed E-state index contributed by atoms with van der Waals surface area (Å²) in [6.45, 7) is 0.685. The van der Waals surface area contributed by atoms with E-state index < -0.39 is 6.09 Å². The summed E-state index contributed by atoms with van der Waals surface area (Å²) >= 11 is 1.70. The summed E-state index contributed by atoms with van der Waals surface area (Å²) in [5.41, 5.74) is 4.78. The van der Waals surface area contributed by atoms with Gasteiger partial charge < -0.3 is 15.4 Å². The van der Waals surface area contributed by atoms with Gasteiger partial charge in [-0.3, -0.25) is 4.79 Å². The van der Waals surface area contributed by atoms with Gasteiger partial charge in [0.1, 0.15) is 6.61 Å². The second-order valence-corrected chi connectivity index (χ2v) is 7.46. The lowest BCUT2D eigenvalue weighted by molar-refractivity contribution is -0.109. The van der Waals surface area contributed by atoms with Crippen LogP contribution in [0, 0.1) is 0 Å². The normalized spacial score (nSPS) is 13.4. The van der Waals surface area contributed by atoms with Gasteiger partial charge in [0, 0.05) is 12.5 Å². The second-order valence-electron chi connectivity index (χ2n) is 6.47. The molecule has 3 rings (SSSR count). The van der Waals surface area contributed by atoms with E-state index in [1.165, 1.54) is 22.3 Å². The van der Waals surface area contributed by atoms with Crippen LogP contribution in [0.2, 0.25) is 0 Å². The van der Waals surface area contributed by atoms with E-state index in [1.807, 2.05) is 30.5 Å². The van der Waals surface area contributed by atoms with Crippen LogP contribution in [0.3, 0.4) is 0 Å². The Morgan fingerprint density at radius 3 is 2.37 bits per heavy atom. The Bertz CT molecular complexity index is 751. The van der Waals surface area contributed by atoms with Gasteiger partial charge in [-0.2, -0.15) is 11.8 Å². The zero-order valence-electron chi connectivity index (χ0n) is 15.3. The first-order chi connectivity index (χ1) is 13.2. The van der Waals surface area contributed by atoms with Gasteiger partial charge in [-0.1, -0.05) is 48.5 Å². The molecule has 27 heavy (non-hydrogen) atoms.